The molecule has 7 heteroatoms. The summed E-state index contributed by atoms with van der Waals surface area (Å²) in [7, 11) is 0. The van der Waals surface area contributed by atoms with Crippen LogP contribution in [0.25, 0.3) is 11.0 Å². The number of fused-ring (bicyclic) bond motifs is 1. The molecule has 0 fully saturated rings. The van der Waals surface area contributed by atoms with Crippen LogP contribution < -0.4 is 10.6 Å². The number of aromatic nitrogens is 2. The van der Waals surface area contributed by atoms with Crippen LogP contribution in [0.3, 0.4) is 0 Å². The molecule has 6 nitrogen and oxygen atoms in total. The molecule has 146 valence electrons. The molecule has 0 aliphatic heterocycles. The van der Waals surface area contributed by atoms with Crippen molar-refractivity contribution in [1.82, 2.24) is 15.3 Å². The minimum Gasteiger partial charge on any atom is -0.344 e. The number of H-pyrrole nitrogens is 1. The number of benzene rings is 2. The van der Waals surface area contributed by atoms with Crippen LogP contribution in [-0.2, 0) is 16.0 Å². The summed E-state index contributed by atoms with van der Waals surface area (Å²) in [5.74, 6) is -0.831. The van der Waals surface area contributed by atoms with Crippen molar-refractivity contribution in [3.05, 3.63) is 59.9 Å². The molecule has 0 spiro atoms. The van der Waals surface area contributed by atoms with E-state index in [1.807, 2.05) is 38.1 Å². The average Bonchev–Trinajstić information content (AvgIpc) is 3.07. The van der Waals surface area contributed by atoms with E-state index in [0.717, 1.165) is 11.0 Å². The van der Waals surface area contributed by atoms with E-state index in [-0.39, 0.29) is 24.2 Å². The SMILES string of the molecule is CCC(C)C(NC(=O)Cc1cccc(F)c1)C(=O)Nc1nc2ccccc2[nH]1. The number of nitrogens with one attached hydrogen (secondary N) is 3. The summed E-state index contributed by atoms with van der Waals surface area (Å²) in [4.78, 5) is 32.6. The van der Waals surface area contributed by atoms with Crippen molar-refractivity contribution in [3.8, 4) is 0 Å². The van der Waals surface area contributed by atoms with Crippen LogP contribution in [-0.4, -0.2) is 27.8 Å². The van der Waals surface area contributed by atoms with Gasteiger partial charge in [0.15, 0.2) is 0 Å². The number of aromatic amines is 1. The van der Waals surface area contributed by atoms with E-state index in [9.17, 15) is 14.0 Å². The van der Waals surface area contributed by atoms with E-state index in [2.05, 4.69) is 20.6 Å². The summed E-state index contributed by atoms with van der Waals surface area (Å²) >= 11 is 0. The third-order valence-electron chi connectivity index (χ3n) is 4.70. The van der Waals surface area contributed by atoms with Gasteiger partial charge in [-0.1, -0.05) is 44.5 Å². The second-order valence-electron chi connectivity index (χ2n) is 6.83. The largest absolute Gasteiger partial charge is 0.344 e. The lowest BCUT2D eigenvalue weighted by molar-refractivity contribution is -0.127. The molecule has 0 bridgehead atoms. The highest BCUT2D eigenvalue weighted by atomic mass is 19.1. The standard InChI is InChI=1S/C21H23FN4O2/c1-3-13(2)19(25-18(27)12-14-7-6-8-15(22)11-14)20(28)26-21-23-16-9-4-5-10-17(16)24-21/h4-11,13,19H,3,12H2,1-2H3,(H,25,27)(H2,23,24,26,28). The van der Waals surface area contributed by atoms with Gasteiger partial charge in [-0.15, -0.1) is 0 Å². The van der Waals surface area contributed by atoms with E-state index >= 15 is 0 Å². The number of carbonyl (C=O) groups is 2. The second-order valence-corrected chi connectivity index (χ2v) is 6.83. The molecule has 2 unspecified atom stereocenters. The van der Waals surface area contributed by atoms with Gasteiger partial charge in [-0.3, -0.25) is 14.9 Å². The van der Waals surface area contributed by atoms with Crippen molar-refractivity contribution in [2.45, 2.75) is 32.7 Å². The highest BCUT2D eigenvalue weighted by molar-refractivity contribution is 5.97. The maximum atomic E-state index is 13.3. The zero-order chi connectivity index (χ0) is 20.1. The lowest BCUT2D eigenvalue weighted by Gasteiger charge is -2.23. The Balaban J connectivity index is 1.69. The average molecular weight is 382 g/mol. The molecule has 0 aliphatic rings. The Bertz CT molecular complexity index is 952. The molecule has 3 N–H and O–H groups in total. The fourth-order valence-electron chi connectivity index (χ4n) is 2.97. The van der Waals surface area contributed by atoms with Crippen LogP contribution >= 0.6 is 0 Å². The third kappa shape index (κ3) is 4.73. The van der Waals surface area contributed by atoms with Gasteiger partial charge in [0.25, 0.3) is 0 Å². The Kier molecular flexibility index (Phi) is 6.03. The van der Waals surface area contributed by atoms with Gasteiger partial charge in [0.05, 0.1) is 17.5 Å². The van der Waals surface area contributed by atoms with Crippen molar-refractivity contribution in [2.75, 3.05) is 5.32 Å². The van der Waals surface area contributed by atoms with Crippen molar-refractivity contribution in [2.24, 2.45) is 5.92 Å². The number of nitrogens with zero attached hydrogens (tertiary/aromatic N) is 1. The van der Waals surface area contributed by atoms with Gasteiger partial charge in [-0.2, -0.15) is 0 Å². The van der Waals surface area contributed by atoms with Crippen molar-refractivity contribution >= 4 is 28.8 Å². The number of rotatable bonds is 7. The van der Waals surface area contributed by atoms with Gasteiger partial charge in [0.2, 0.25) is 17.8 Å². The Morgan fingerprint density at radius 1 is 1.18 bits per heavy atom. The molecule has 0 radical (unpaired) electrons. The molecule has 2 aromatic carbocycles. The summed E-state index contributed by atoms with van der Waals surface area (Å²) in [6.07, 6.45) is 0.709. The molecule has 0 saturated heterocycles. The predicted molar refractivity (Wildman–Crippen MR) is 106 cm³/mol. The van der Waals surface area contributed by atoms with Gasteiger partial charge in [-0.05, 0) is 35.7 Å². The molecule has 0 saturated carbocycles. The van der Waals surface area contributed by atoms with Gasteiger partial charge in [0.1, 0.15) is 11.9 Å². The highest BCUT2D eigenvalue weighted by Crippen LogP contribution is 2.15. The van der Waals surface area contributed by atoms with Crippen LogP contribution in [0.1, 0.15) is 25.8 Å². The number of hydrogen-bond donors (Lipinski definition) is 3. The maximum absolute atomic E-state index is 13.3. The number of para-hydroxylation sites is 2. The lowest BCUT2D eigenvalue weighted by Crippen LogP contribution is -2.48. The topological polar surface area (TPSA) is 86.9 Å². The molecular formula is C21H23FN4O2. The summed E-state index contributed by atoms with van der Waals surface area (Å²) in [5.41, 5.74) is 2.11. The second kappa shape index (κ2) is 8.65. The fraction of sp³-hybridized carbons (Fsp3) is 0.286. The summed E-state index contributed by atoms with van der Waals surface area (Å²) < 4.78 is 13.3. The first kappa shape index (κ1) is 19.5. The first-order valence-corrected chi connectivity index (χ1v) is 9.25. The molecular weight excluding hydrogens is 359 g/mol. The summed E-state index contributed by atoms with van der Waals surface area (Å²) in [6.45, 7) is 3.84. The number of halogens is 1. The highest BCUT2D eigenvalue weighted by Gasteiger charge is 2.26. The van der Waals surface area contributed by atoms with Gasteiger partial charge < -0.3 is 10.3 Å². The molecule has 28 heavy (non-hydrogen) atoms. The van der Waals surface area contributed by atoms with Gasteiger partial charge in [-0.25, -0.2) is 9.37 Å². The number of hydrogen-bond acceptors (Lipinski definition) is 3. The smallest absolute Gasteiger partial charge is 0.249 e. The molecule has 3 aromatic rings. The monoisotopic (exact) mass is 382 g/mol. The van der Waals surface area contributed by atoms with Gasteiger partial charge >= 0.3 is 0 Å². The van der Waals surface area contributed by atoms with Crippen molar-refractivity contribution in [3.63, 3.8) is 0 Å². The quantitative estimate of drug-likeness (QED) is 0.585. The Hall–Kier alpha value is -3.22. The zero-order valence-corrected chi connectivity index (χ0v) is 15.8. The van der Waals surface area contributed by atoms with Crippen molar-refractivity contribution < 1.29 is 14.0 Å². The lowest BCUT2D eigenvalue weighted by atomic mass is 9.98. The maximum Gasteiger partial charge on any atom is 0.249 e. The first-order valence-electron chi connectivity index (χ1n) is 9.25. The van der Waals surface area contributed by atoms with Crippen LogP contribution in [0, 0.1) is 11.7 Å². The first-order chi connectivity index (χ1) is 13.5. The summed E-state index contributed by atoms with van der Waals surface area (Å²) in [6, 6.07) is 12.6. The van der Waals surface area contributed by atoms with Crippen molar-refractivity contribution in [1.29, 1.82) is 0 Å². The number of anilines is 1. The van der Waals surface area contributed by atoms with E-state index in [1.165, 1.54) is 12.1 Å². The Labute approximate surface area is 162 Å². The van der Waals surface area contributed by atoms with E-state index in [0.29, 0.717) is 17.9 Å². The zero-order valence-electron chi connectivity index (χ0n) is 15.8. The van der Waals surface area contributed by atoms with E-state index < -0.39 is 11.9 Å². The molecule has 1 aromatic heterocycles. The Morgan fingerprint density at radius 2 is 1.96 bits per heavy atom. The van der Waals surface area contributed by atoms with Crippen LogP contribution in [0.5, 0.6) is 0 Å². The minimum atomic E-state index is -0.723. The molecule has 1 heterocycles. The summed E-state index contributed by atoms with van der Waals surface area (Å²) in [5, 5.41) is 5.52. The minimum absolute atomic E-state index is 0.00259. The van der Waals surface area contributed by atoms with Gasteiger partial charge in [0, 0.05) is 0 Å². The van der Waals surface area contributed by atoms with Crippen LogP contribution in [0.4, 0.5) is 10.3 Å². The third-order valence-corrected chi connectivity index (χ3v) is 4.70. The normalized spacial score (nSPS) is 13.1. The van der Waals surface area contributed by atoms with Crippen LogP contribution in [0.15, 0.2) is 48.5 Å². The fourth-order valence-corrected chi connectivity index (χ4v) is 2.97. The number of amides is 2. The molecule has 3 rings (SSSR count). The van der Waals surface area contributed by atoms with E-state index in [1.54, 1.807) is 12.1 Å². The van der Waals surface area contributed by atoms with Crippen LogP contribution in [0.2, 0.25) is 0 Å². The Morgan fingerprint density at radius 3 is 2.68 bits per heavy atom. The molecule has 0 aliphatic carbocycles. The van der Waals surface area contributed by atoms with E-state index in [4.69, 9.17) is 0 Å². The number of imidazole rings is 1. The molecule has 2 atom stereocenters. The predicted octanol–water partition coefficient (Wildman–Crippen LogP) is 3.41. The number of carbonyl (C=O) groups excluding carboxylic acids is 2. The molecule has 2 amide bonds.